The molecule has 3 rings (SSSR count). The zero-order valence-electron chi connectivity index (χ0n) is 10.5. The Balaban J connectivity index is 1.89. The molecule has 0 spiro atoms. The largest absolute Gasteiger partial charge is 0.295 e. The first kappa shape index (κ1) is 11.2. The molecule has 1 saturated carbocycles. The van der Waals surface area contributed by atoms with Crippen LogP contribution in [0.2, 0.25) is 0 Å². The normalized spacial score (nSPS) is 21.6. The Morgan fingerprint density at radius 1 is 0.944 bits per heavy atom. The molecule has 0 aliphatic heterocycles. The predicted molar refractivity (Wildman–Crippen MR) is 73.0 cm³/mol. The molecule has 0 radical (unpaired) electrons. The number of rotatable bonds is 3. The van der Waals surface area contributed by atoms with Crippen LogP contribution < -0.4 is 0 Å². The molecular formula is C17H16O. The van der Waals surface area contributed by atoms with Gasteiger partial charge >= 0.3 is 0 Å². The van der Waals surface area contributed by atoms with E-state index in [1.165, 1.54) is 11.1 Å². The van der Waals surface area contributed by atoms with E-state index in [1.807, 2.05) is 24.3 Å². The molecule has 0 saturated heterocycles. The van der Waals surface area contributed by atoms with E-state index in [0.717, 1.165) is 12.0 Å². The van der Waals surface area contributed by atoms with Gasteiger partial charge in [0.05, 0.1) is 0 Å². The molecule has 0 bridgehead atoms. The molecule has 1 nitrogen and oxygen atoms in total. The Morgan fingerprint density at radius 3 is 2.33 bits per heavy atom. The summed E-state index contributed by atoms with van der Waals surface area (Å²) in [4.78, 5) is 11.6. The maximum atomic E-state index is 11.6. The molecule has 0 heterocycles. The molecule has 1 heteroatoms. The lowest BCUT2D eigenvalue weighted by Gasteiger charge is -2.06. The average molecular weight is 236 g/mol. The van der Waals surface area contributed by atoms with Gasteiger partial charge in [0.1, 0.15) is 0 Å². The highest BCUT2D eigenvalue weighted by atomic mass is 16.1. The highest BCUT2D eigenvalue weighted by Crippen LogP contribution is 2.55. The van der Waals surface area contributed by atoms with E-state index in [0.29, 0.717) is 11.8 Å². The van der Waals surface area contributed by atoms with Crippen LogP contribution in [0.3, 0.4) is 0 Å². The summed E-state index contributed by atoms with van der Waals surface area (Å²) in [6, 6.07) is 18.6. The molecule has 2 aromatic carbocycles. The lowest BCUT2D eigenvalue weighted by Crippen LogP contribution is -1.98. The zero-order chi connectivity index (χ0) is 12.5. The van der Waals surface area contributed by atoms with Crippen molar-refractivity contribution < 1.29 is 4.79 Å². The Morgan fingerprint density at radius 2 is 1.61 bits per heavy atom. The third-order valence-corrected chi connectivity index (χ3v) is 3.76. The number of hydrogen-bond donors (Lipinski definition) is 0. The van der Waals surface area contributed by atoms with Gasteiger partial charge in [-0.3, -0.25) is 4.79 Å². The summed E-state index contributed by atoms with van der Waals surface area (Å²) in [5, 5.41) is 0. The van der Waals surface area contributed by atoms with Crippen molar-refractivity contribution in [2.75, 3.05) is 0 Å². The molecular weight excluding hydrogens is 220 g/mol. The second-order valence-corrected chi connectivity index (χ2v) is 5.00. The fourth-order valence-electron chi connectivity index (χ4n) is 2.75. The maximum absolute atomic E-state index is 11.6. The molecule has 90 valence electrons. The maximum Gasteiger partial charge on any atom is 0.160 e. The van der Waals surface area contributed by atoms with Crippen molar-refractivity contribution in [3.05, 3.63) is 71.3 Å². The van der Waals surface area contributed by atoms with Crippen LogP contribution in [0.1, 0.15) is 46.7 Å². The average Bonchev–Trinajstić information content (AvgIpc) is 3.20. The van der Waals surface area contributed by atoms with Gasteiger partial charge in [-0.15, -0.1) is 0 Å². The second kappa shape index (κ2) is 4.41. The first-order chi connectivity index (χ1) is 8.77. The second-order valence-electron chi connectivity index (χ2n) is 5.00. The van der Waals surface area contributed by atoms with E-state index in [4.69, 9.17) is 0 Å². The van der Waals surface area contributed by atoms with Gasteiger partial charge < -0.3 is 0 Å². The molecule has 0 unspecified atom stereocenters. The third-order valence-electron chi connectivity index (χ3n) is 3.76. The van der Waals surface area contributed by atoms with Crippen LogP contribution in [0.4, 0.5) is 0 Å². The summed E-state index contributed by atoms with van der Waals surface area (Å²) in [5.41, 5.74) is 3.50. The molecule has 1 aliphatic carbocycles. The van der Waals surface area contributed by atoms with Gasteiger partial charge in [-0.25, -0.2) is 0 Å². The van der Waals surface area contributed by atoms with E-state index < -0.39 is 0 Å². The van der Waals surface area contributed by atoms with Gasteiger partial charge in [-0.2, -0.15) is 0 Å². The fourth-order valence-corrected chi connectivity index (χ4v) is 2.75. The van der Waals surface area contributed by atoms with Gasteiger partial charge in [0.25, 0.3) is 0 Å². The summed E-state index contributed by atoms with van der Waals surface area (Å²) in [6.45, 7) is 1.65. The van der Waals surface area contributed by atoms with Crippen LogP contribution in [-0.4, -0.2) is 5.78 Å². The lowest BCUT2D eigenvalue weighted by atomic mass is 9.98. The highest BCUT2D eigenvalue weighted by Gasteiger charge is 2.40. The molecule has 0 amide bonds. The lowest BCUT2D eigenvalue weighted by molar-refractivity contribution is 0.101. The van der Waals surface area contributed by atoms with Crippen LogP contribution in [0.15, 0.2) is 54.6 Å². The number of carbonyl (C=O) groups excluding carboxylic acids is 1. The van der Waals surface area contributed by atoms with Gasteiger partial charge in [-0.05, 0) is 36.3 Å². The molecule has 1 fully saturated rings. The first-order valence-electron chi connectivity index (χ1n) is 6.42. The van der Waals surface area contributed by atoms with Gasteiger partial charge in [-0.1, -0.05) is 54.6 Å². The minimum Gasteiger partial charge on any atom is -0.295 e. The van der Waals surface area contributed by atoms with Crippen molar-refractivity contribution in [1.82, 2.24) is 0 Å². The number of benzene rings is 2. The van der Waals surface area contributed by atoms with Crippen LogP contribution >= 0.6 is 0 Å². The predicted octanol–water partition coefficient (Wildman–Crippen LogP) is 4.16. The van der Waals surface area contributed by atoms with Gasteiger partial charge in [0, 0.05) is 5.56 Å². The number of ketones is 1. The summed E-state index contributed by atoms with van der Waals surface area (Å²) in [6.07, 6.45) is 1.16. The van der Waals surface area contributed by atoms with Gasteiger partial charge in [0.2, 0.25) is 0 Å². The molecule has 1 aliphatic rings. The number of carbonyl (C=O) groups is 1. The molecule has 0 N–H and O–H groups in total. The van der Waals surface area contributed by atoms with E-state index in [1.54, 1.807) is 6.92 Å². The molecule has 18 heavy (non-hydrogen) atoms. The van der Waals surface area contributed by atoms with E-state index in [9.17, 15) is 4.79 Å². The Hall–Kier alpha value is -1.89. The molecule has 2 aromatic rings. The van der Waals surface area contributed by atoms with Crippen molar-refractivity contribution in [3.63, 3.8) is 0 Å². The number of hydrogen-bond acceptors (Lipinski definition) is 1. The van der Waals surface area contributed by atoms with Crippen molar-refractivity contribution in [2.24, 2.45) is 0 Å². The summed E-state index contributed by atoms with van der Waals surface area (Å²) >= 11 is 0. The topological polar surface area (TPSA) is 17.1 Å². The Labute approximate surface area is 107 Å². The van der Waals surface area contributed by atoms with Crippen molar-refractivity contribution >= 4 is 5.78 Å². The van der Waals surface area contributed by atoms with Crippen LogP contribution in [0.5, 0.6) is 0 Å². The van der Waals surface area contributed by atoms with Gasteiger partial charge in [0.15, 0.2) is 5.78 Å². The van der Waals surface area contributed by atoms with Crippen molar-refractivity contribution in [2.45, 2.75) is 25.2 Å². The van der Waals surface area contributed by atoms with E-state index in [2.05, 4.69) is 30.3 Å². The Bertz CT molecular complexity index is 571. The molecule has 2 atom stereocenters. The van der Waals surface area contributed by atoms with Crippen molar-refractivity contribution in [1.29, 1.82) is 0 Å². The first-order valence-corrected chi connectivity index (χ1v) is 6.42. The monoisotopic (exact) mass is 236 g/mol. The smallest absolute Gasteiger partial charge is 0.160 e. The minimum atomic E-state index is 0.171. The zero-order valence-corrected chi connectivity index (χ0v) is 10.5. The van der Waals surface area contributed by atoms with Crippen LogP contribution in [0.25, 0.3) is 0 Å². The summed E-state index contributed by atoms with van der Waals surface area (Å²) in [7, 11) is 0. The summed E-state index contributed by atoms with van der Waals surface area (Å²) < 4.78 is 0. The highest BCUT2D eigenvalue weighted by molar-refractivity contribution is 5.95. The van der Waals surface area contributed by atoms with Crippen LogP contribution in [-0.2, 0) is 0 Å². The standard InChI is InChI=1S/C17H16O/c1-12(18)14-9-5-6-10-15(14)17-11-16(17)13-7-3-2-4-8-13/h2-10,16-17H,11H2,1H3/t16-,17-/m0/s1. The third kappa shape index (κ3) is 1.97. The van der Waals surface area contributed by atoms with Crippen molar-refractivity contribution in [3.8, 4) is 0 Å². The van der Waals surface area contributed by atoms with E-state index >= 15 is 0 Å². The number of Topliss-reactive ketones (excluding diaryl/α,β-unsaturated/α-hetero) is 1. The van der Waals surface area contributed by atoms with E-state index in [-0.39, 0.29) is 5.78 Å². The molecule has 0 aromatic heterocycles. The SMILES string of the molecule is CC(=O)c1ccccc1[C@@H]1C[C@H]1c1ccccc1. The Kier molecular flexibility index (Phi) is 2.75. The fraction of sp³-hybridized carbons (Fsp3) is 0.235. The minimum absolute atomic E-state index is 0.171. The summed E-state index contributed by atoms with van der Waals surface area (Å²) in [5.74, 6) is 1.28. The quantitative estimate of drug-likeness (QED) is 0.731. The van der Waals surface area contributed by atoms with Crippen LogP contribution in [0, 0.1) is 0 Å².